The zero-order valence-electron chi connectivity index (χ0n) is 14.5. The van der Waals surface area contributed by atoms with Gasteiger partial charge in [-0.2, -0.15) is 0 Å². The lowest BCUT2D eigenvalue weighted by molar-refractivity contribution is -0.115. The number of amides is 1. The van der Waals surface area contributed by atoms with Crippen LogP contribution in [0.3, 0.4) is 0 Å². The van der Waals surface area contributed by atoms with E-state index >= 15 is 0 Å². The fourth-order valence-electron chi connectivity index (χ4n) is 2.43. The topological polar surface area (TPSA) is 110 Å². The molecule has 0 aliphatic carbocycles. The molecule has 3 rings (SSSR count). The second-order valence-electron chi connectivity index (χ2n) is 5.61. The number of H-pyrrole nitrogens is 1. The van der Waals surface area contributed by atoms with Gasteiger partial charge in [0.25, 0.3) is 5.56 Å². The number of thioether (sulfide) groups is 1. The number of nitrogen functional groups attached to an aromatic ring is 1. The van der Waals surface area contributed by atoms with Gasteiger partial charge in [0.15, 0.2) is 5.16 Å². The summed E-state index contributed by atoms with van der Waals surface area (Å²) in [5.41, 5.74) is 6.65. The number of nitrogens with two attached hydrogens (primary N) is 1. The summed E-state index contributed by atoms with van der Waals surface area (Å²) in [5.74, 6) is 0.476. The number of ether oxygens (including phenoxy) is 1. The summed E-state index contributed by atoms with van der Waals surface area (Å²) in [6, 6.07) is 17.5. The number of aromatic amines is 1. The van der Waals surface area contributed by atoms with Crippen LogP contribution in [0.2, 0.25) is 0 Å². The molecule has 138 valence electrons. The molecular formula is C19H18N4O3S. The van der Waals surface area contributed by atoms with Gasteiger partial charge in [0.2, 0.25) is 5.91 Å². The molecule has 0 spiro atoms. The monoisotopic (exact) mass is 382 g/mol. The molecule has 27 heavy (non-hydrogen) atoms. The normalized spacial score (nSPS) is 11.6. The number of benzene rings is 2. The van der Waals surface area contributed by atoms with Crippen molar-refractivity contribution in [3.63, 3.8) is 0 Å². The Labute approximate surface area is 160 Å². The van der Waals surface area contributed by atoms with Crippen molar-refractivity contribution in [1.29, 1.82) is 0 Å². The van der Waals surface area contributed by atoms with Crippen molar-refractivity contribution in [3.05, 3.63) is 76.6 Å². The highest BCUT2D eigenvalue weighted by molar-refractivity contribution is 8.00. The van der Waals surface area contributed by atoms with E-state index in [-0.39, 0.29) is 22.4 Å². The second kappa shape index (κ2) is 8.41. The van der Waals surface area contributed by atoms with E-state index in [9.17, 15) is 9.59 Å². The Kier molecular flexibility index (Phi) is 5.77. The summed E-state index contributed by atoms with van der Waals surface area (Å²) in [5, 5.41) is 2.51. The third kappa shape index (κ3) is 4.89. The molecule has 0 fully saturated rings. The summed E-state index contributed by atoms with van der Waals surface area (Å²) in [7, 11) is 1.56. The highest BCUT2D eigenvalue weighted by Crippen LogP contribution is 2.34. The van der Waals surface area contributed by atoms with Crippen LogP contribution in [0.1, 0.15) is 10.8 Å². The van der Waals surface area contributed by atoms with Crippen molar-refractivity contribution < 1.29 is 9.53 Å². The van der Waals surface area contributed by atoms with Crippen LogP contribution < -0.4 is 21.3 Å². The first-order valence-electron chi connectivity index (χ1n) is 8.08. The fraction of sp³-hybridized carbons (Fsp3) is 0.105. The van der Waals surface area contributed by atoms with E-state index in [4.69, 9.17) is 10.5 Å². The van der Waals surface area contributed by atoms with Crippen molar-refractivity contribution in [2.24, 2.45) is 0 Å². The van der Waals surface area contributed by atoms with Gasteiger partial charge in [0.1, 0.15) is 16.8 Å². The zero-order valence-corrected chi connectivity index (χ0v) is 15.3. The summed E-state index contributed by atoms with van der Waals surface area (Å²) < 4.78 is 5.18. The highest BCUT2D eigenvalue weighted by atomic mass is 32.2. The molecule has 0 aliphatic rings. The quantitative estimate of drug-likeness (QED) is 0.447. The molecule has 4 N–H and O–H groups in total. The molecule has 0 saturated carbocycles. The highest BCUT2D eigenvalue weighted by Gasteiger charge is 2.23. The fourth-order valence-corrected chi connectivity index (χ4v) is 3.43. The number of carbonyl (C=O) groups is 1. The van der Waals surface area contributed by atoms with Gasteiger partial charge in [-0.15, -0.1) is 0 Å². The zero-order chi connectivity index (χ0) is 19.2. The largest absolute Gasteiger partial charge is 0.497 e. The number of methoxy groups -OCH3 is 1. The van der Waals surface area contributed by atoms with Crippen LogP contribution in [0.5, 0.6) is 5.75 Å². The van der Waals surface area contributed by atoms with Gasteiger partial charge in [-0.25, -0.2) is 4.98 Å². The molecule has 1 heterocycles. The average molecular weight is 382 g/mol. The van der Waals surface area contributed by atoms with Gasteiger partial charge in [-0.1, -0.05) is 48.2 Å². The maximum Gasteiger partial charge on any atom is 0.253 e. The third-order valence-corrected chi connectivity index (χ3v) is 4.79. The van der Waals surface area contributed by atoms with Crippen molar-refractivity contribution >= 4 is 29.2 Å². The first-order chi connectivity index (χ1) is 13.0. The molecule has 8 heteroatoms. The van der Waals surface area contributed by atoms with Gasteiger partial charge in [-0.05, 0) is 17.7 Å². The molecule has 2 aromatic carbocycles. The van der Waals surface area contributed by atoms with Gasteiger partial charge in [-0.3, -0.25) is 9.59 Å². The molecule has 1 atom stereocenters. The van der Waals surface area contributed by atoms with Gasteiger partial charge in [0.05, 0.1) is 7.11 Å². The number of carbonyl (C=O) groups excluding carboxylic acids is 1. The van der Waals surface area contributed by atoms with E-state index in [1.807, 2.05) is 30.3 Å². The lowest BCUT2D eigenvalue weighted by Gasteiger charge is -2.17. The lowest BCUT2D eigenvalue weighted by atomic mass is 10.1. The van der Waals surface area contributed by atoms with Gasteiger partial charge >= 0.3 is 0 Å². The molecule has 1 amide bonds. The molecule has 0 bridgehead atoms. The van der Waals surface area contributed by atoms with Crippen LogP contribution in [0.4, 0.5) is 11.5 Å². The Morgan fingerprint density at radius 3 is 2.67 bits per heavy atom. The van der Waals surface area contributed by atoms with Crippen LogP contribution in [-0.4, -0.2) is 23.0 Å². The number of hydrogen-bond donors (Lipinski definition) is 3. The summed E-state index contributed by atoms with van der Waals surface area (Å²) in [6.07, 6.45) is 0. The Balaban J connectivity index is 1.89. The van der Waals surface area contributed by atoms with Crippen molar-refractivity contribution in [3.8, 4) is 5.75 Å². The summed E-state index contributed by atoms with van der Waals surface area (Å²) >= 11 is 1.12. The Bertz CT molecular complexity index is 991. The number of rotatable bonds is 6. The van der Waals surface area contributed by atoms with E-state index in [0.717, 1.165) is 17.3 Å². The minimum atomic E-state index is -0.637. The Hall–Kier alpha value is -3.26. The van der Waals surface area contributed by atoms with Crippen molar-refractivity contribution in [1.82, 2.24) is 9.97 Å². The van der Waals surface area contributed by atoms with Gasteiger partial charge in [0, 0.05) is 17.8 Å². The first-order valence-corrected chi connectivity index (χ1v) is 8.96. The Morgan fingerprint density at radius 1 is 1.19 bits per heavy atom. The molecule has 0 radical (unpaired) electrons. The van der Waals surface area contributed by atoms with Crippen LogP contribution in [0.25, 0.3) is 0 Å². The van der Waals surface area contributed by atoms with Crippen LogP contribution in [0.15, 0.2) is 70.6 Å². The SMILES string of the molecule is COc1cccc(NC(=O)[C@@H](Sc2nc(N)cc(=O)[nH]2)c2ccccc2)c1. The third-order valence-electron chi connectivity index (χ3n) is 3.65. The molecule has 1 aromatic heterocycles. The summed E-state index contributed by atoms with van der Waals surface area (Å²) in [6.45, 7) is 0. The first kappa shape index (κ1) is 18.5. The number of hydrogen-bond acceptors (Lipinski definition) is 6. The number of anilines is 2. The van der Waals surface area contributed by atoms with Crippen LogP contribution >= 0.6 is 11.8 Å². The van der Waals surface area contributed by atoms with Crippen molar-refractivity contribution in [2.45, 2.75) is 10.4 Å². The smallest absolute Gasteiger partial charge is 0.253 e. The Morgan fingerprint density at radius 2 is 1.96 bits per heavy atom. The lowest BCUT2D eigenvalue weighted by Crippen LogP contribution is -2.20. The van der Waals surface area contributed by atoms with E-state index in [1.165, 1.54) is 6.07 Å². The predicted octanol–water partition coefficient (Wildman–Crippen LogP) is 2.83. The van der Waals surface area contributed by atoms with Crippen molar-refractivity contribution in [2.75, 3.05) is 18.2 Å². The molecular weight excluding hydrogens is 364 g/mol. The minimum Gasteiger partial charge on any atom is -0.497 e. The number of nitrogens with one attached hydrogen (secondary N) is 2. The van der Waals surface area contributed by atoms with Crippen LogP contribution in [-0.2, 0) is 4.79 Å². The second-order valence-corrected chi connectivity index (χ2v) is 6.70. The standard InChI is InChI=1S/C19H18N4O3S/c1-26-14-9-5-8-13(10-14)21-18(25)17(12-6-3-2-4-7-12)27-19-22-15(20)11-16(24)23-19/h2-11,17H,1H3,(H,21,25)(H3,20,22,23,24)/t17-/m0/s1. The van der Waals surface area contributed by atoms with E-state index < -0.39 is 5.25 Å². The molecule has 0 aliphatic heterocycles. The van der Waals surface area contributed by atoms with Crippen LogP contribution in [0, 0.1) is 0 Å². The molecule has 0 saturated heterocycles. The van der Waals surface area contributed by atoms with E-state index in [1.54, 1.807) is 31.4 Å². The predicted molar refractivity (Wildman–Crippen MR) is 106 cm³/mol. The average Bonchev–Trinajstić information content (AvgIpc) is 2.66. The maximum absolute atomic E-state index is 13.0. The number of nitrogens with zero attached hydrogens (tertiary/aromatic N) is 1. The summed E-state index contributed by atoms with van der Waals surface area (Å²) in [4.78, 5) is 31.3. The molecule has 7 nitrogen and oxygen atoms in total. The minimum absolute atomic E-state index is 0.0984. The maximum atomic E-state index is 13.0. The van der Waals surface area contributed by atoms with E-state index in [2.05, 4.69) is 15.3 Å². The van der Waals surface area contributed by atoms with E-state index in [0.29, 0.717) is 11.4 Å². The molecule has 3 aromatic rings. The number of aromatic nitrogens is 2. The van der Waals surface area contributed by atoms with Gasteiger partial charge < -0.3 is 20.8 Å². The molecule has 0 unspecified atom stereocenters.